The number of Topliss-reactive ketones (excluding diaryl/α,β-unsaturated/α-hetero) is 6. The number of hydrogen-bond donors (Lipinski definition) is 2. The maximum absolute atomic E-state index is 13.9. The van der Waals surface area contributed by atoms with Gasteiger partial charge in [-0.15, -0.1) is 0 Å². The first-order valence-corrected chi connectivity index (χ1v) is 18.5. The van der Waals surface area contributed by atoms with Crippen molar-refractivity contribution in [2.75, 3.05) is 0 Å². The molecule has 0 saturated carbocycles. The summed E-state index contributed by atoms with van der Waals surface area (Å²) in [6.45, 7) is 16.2. The summed E-state index contributed by atoms with van der Waals surface area (Å²) >= 11 is 0. The van der Waals surface area contributed by atoms with Crippen LogP contribution < -0.4 is 10.6 Å². The molecule has 0 radical (unpaired) electrons. The predicted molar refractivity (Wildman–Crippen MR) is 189 cm³/mol. The van der Waals surface area contributed by atoms with E-state index in [1.807, 2.05) is 0 Å². The highest BCUT2D eigenvalue weighted by atomic mass is 32.2. The molecule has 0 heterocycles. The van der Waals surface area contributed by atoms with Crippen molar-refractivity contribution in [2.24, 2.45) is 23.7 Å². The second-order valence-corrected chi connectivity index (χ2v) is 17.7. The molecule has 2 aliphatic rings. The molecule has 4 atom stereocenters. The van der Waals surface area contributed by atoms with Gasteiger partial charge in [0, 0.05) is 22.3 Å². The summed E-state index contributed by atoms with van der Waals surface area (Å²) in [7, 11) is -4.51. The van der Waals surface area contributed by atoms with E-state index in [4.69, 9.17) is 9.47 Å². The number of sulfone groups is 1. The third-order valence-corrected chi connectivity index (χ3v) is 10.3. The van der Waals surface area contributed by atoms with Crippen LogP contribution >= 0.6 is 0 Å². The van der Waals surface area contributed by atoms with Crippen LogP contribution in [-0.4, -0.2) is 78.6 Å². The number of rotatable bonds is 10. The first-order valence-electron chi connectivity index (χ1n) is 17.0. The molecule has 2 amide bonds. The number of hydrogen-bond acceptors (Lipinski definition) is 12. The Hall–Kier alpha value is -5.05. The summed E-state index contributed by atoms with van der Waals surface area (Å²) in [5, 5.41) is 4.86. The molecule has 0 bridgehead atoms. The maximum Gasteiger partial charge on any atom is 0.408 e. The van der Waals surface area contributed by atoms with Gasteiger partial charge in [0.15, 0.2) is 34.7 Å². The van der Waals surface area contributed by atoms with Crippen LogP contribution in [0.2, 0.25) is 0 Å². The molecule has 53 heavy (non-hydrogen) atoms. The lowest BCUT2D eigenvalue weighted by Crippen LogP contribution is -2.50. The molecular formula is C38H44N2O12S. The Balaban J connectivity index is 1.61. The summed E-state index contributed by atoms with van der Waals surface area (Å²) in [6.07, 6.45) is -1.84. The summed E-state index contributed by atoms with van der Waals surface area (Å²) in [5.41, 5.74) is -2.76. The molecule has 2 unspecified atom stereocenters. The lowest BCUT2D eigenvalue weighted by Gasteiger charge is -2.26. The van der Waals surface area contributed by atoms with Crippen LogP contribution in [0.25, 0.3) is 0 Å². The lowest BCUT2D eigenvalue weighted by molar-refractivity contribution is -0.124. The van der Waals surface area contributed by atoms with Gasteiger partial charge in [-0.3, -0.25) is 28.8 Å². The highest BCUT2D eigenvalue weighted by Crippen LogP contribution is 2.35. The SMILES string of the molecule is CC(C)[C@@H](NC(=O)OC(C)(C)C)C(=O)C1C(=O)c2ccc(S(=O)(=O)c3ccc4c(c3)C(=O)C(C(=O)[C@H](NC(=O)OC(C)(C)C)C(C)C)C4=O)cc2C1=O. The van der Waals surface area contributed by atoms with Gasteiger partial charge in [-0.2, -0.15) is 0 Å². The van der Waals surface area contributed by atoms with Crippen molar-refractivity contribution in [3.05, 3.63) is 58.7 Å². The van der Waals surface area contributed by atoms with Gasteiger partial charge in [0.05, 0.1) is 21.9 Å². The van der Waals surface area contributed by atoms with E-state index in [1.165, 1.54) is 0 Å². The van der Waals surface area contributed by atoms with E-state index in [9.17, 15) is 46.8 Å². The van der Waals surface area contributed by atoms with Gasteiger partial charge in [-0.25, -0.2) is 18.0 Å². The van der Waals surface area contributed by atoms with Gasteiger partial charge in [0.2, 0.25) is 9.84 Å². The standard InChI is InChI=1S/C38H44N2O12S/c1-17(2)27(39-35(47)51-37(5,6)7)33(45)25-29(41)21-13-11-19(15-23(21)31(25)43)53(49,50)20-12-14-22-24(16-20)32(44)26(30(22)42)34(46)28(18(3)4)40-36(48)52-38(8,9)10/h11-18,25-28H,1-10H3,(H,39,47)(H,40,48)/t25?,26?,27-,28-/m1/s1. The average Bonchev–Trinajstić information content (AvgIpc) is 3.43. The molecule has 2 aliphatic carbocycles. The molecule has 2 N–H and O–H groups in total. The number of ether oxygens (including phenoxy) is 2. The maximum atomic E-state index is 13.9. The van der Waals surface area contributed by atoms with E-state index in [0.717, 1.165) is 36.4 Å². The monoisotopic (exact) mass is 752 g/mol. The smallest absolute Gasteiger partial charge is 0.408 e. The molecule has 0 aliphatic heterocycles. The number of ketones is 6. The number of carbonyl (C=O) groups excluding carboxylic acids is 8. The van der Waals surface area contributed by atoms with Gasteiger partial charge in [-0.05, 0) is 89.8 Å². The Kier molecular flexibility index (Phi) is 11.1. The fourth-order valence-corrected chi connectivity index (χ4v) is 7.40. The van der Waals surface area contributed by atoms with Crippen molar-refractivity contribution in [1.29, 1.82) is 0 Å². The quantitative estimate of drug-likeness (QED) is 0.315. The molecule has 0 fully saturated rings. The second-order valence-electron chi connectivity index (χ2n) is 15.8. The number of amides is 2. The van der Waals surface area contributed by atoms with Crippen molar-refractivity contribution in [3.8, 4) is 0 Å². The number of benzene rings is 2. The van der Waals surface area contributed by atoms with E-state index in [-0.39, 0.29) is 22.3 Å². The Morgan fingerprint density at radius 3 is 1.15 bits per heavy atom. The zero-order chi connectivity index (χ0) is 40.1. The van der Waals surface area contributed by atoms with Gasteiger partial charge in [-0.1, -0.05) is 27.7 Å². The zero-order valence-corrected chi connectivity index (χ0v) is 32.1. The van der Waals surface area contributed by atoms with Crippen LogP contribution in [0, 0.1) is 23.7 Å². The Morgan fingerprint density at radius 2 is 0.868 bits per heavy atom. The van der Waals surface area contributed by atoms with Crippen LogP contribution in [0.3, 0.4) is 0 Å². The van der Waals surface area contributed by atoms with Crippen LogP contribution in [0.15, 0.2) is 46.2 Å². The van der Waals surface area contributed by atoms with Crippen molar-refractivity contribution < 1.29 is 56.2 Å². The van der Waals surface area contributed by atoms with Crippen molar-refractivity contribution >= 4 is 56.7 Å². The molecule has 15 heteroatoms. The van der Waals surface area contributed by atoms with Crippen molar-refractivity contribution in [2.45, 2.75) is 102 Å². The fraction of sp³-hybridized carbons (Fsp3) is 0.474. The van der Waals surface area contributed by atoms with Crippen LogP contribution in [-0.2, 0) is 28.9 Å². The zero-order valence-electron chi connectivity index (χ0n) is 31.2. The summed E-state index contributed by atoms with van der Waals surface area (Å²) in [6, 6.07) is 3.76. The van der Waals surface area contributed by atoms with Crippen molar-refractivity contribution in [3.63, 3.8) is 0 Å². The molecule has 0 aromatic heterocycles. The Bertz CT molecular complexity index is 1910. The predicted octanol–water partition coefficient (Wildman–Crippen LogP) is 4.75. The fourth-order valence-electron chi connectivity index (χ4n) is 6.09. The molecule has 2 aromatic rings. The summed E-state index contributed by atoms with van der Waals surface area (Å²) in [5.74, 6) is -10.1. The summed E-state index contributed by atoms with van der Waals surface area (Å²) in [4.78, 5) is 105. The Morgan fingerprint density at radius 1 is 0.566 bits per heavy atom. The first-order chi connectivity index (χ1) is 24.3. The number of fused-ring (bicyclic) bond motifs is 2. The van der Waals surface area contributed by atoms with E-state index >= 15 is 0 Å². The summed E-state index contributed by atoms with van der Waals surface area (Å²) < 4.78 is 38.2. The van der Waals surface area contributed by atoms with Crippen LogP contribution in [0.4, 0.5) is 9.59 Å². The van der Waals surface area contributed by atoms with E-state index < -0.39 is 113 Å². The second kappa shape index (κ2) is 14.4. The first kappa shape index (κ1) is 40.7. The minimum Gasteiger partial charge on any atom is -0.444 e. The number of carbonyl (C=O) groups is 8. The number of alkyl carbamates (subject to hydrolysis) is 2. The van der Waals surface area contributed by atoms with Crippen LogP contribution in [0.1, 0.15) is 111 Å². The molecule has 14 nitrogen and oxygen atoms in total. The minimum absolute atomic E-state index is 0.178. The van der Waals surface area contributed by atoms with Crippen molar-refractivity contribution in [1.82, 2.24) is 10.6 Å². The van der Waals surface area contributed by atoms with Crippen LogP contribution in [0.5, 0.6) is 0 Å². The highest BCUT2D eigenvalue weighted by Gasteiger charge is 2.49. The topological polar surface area (TPSA) is 213 Å². The molecular weight excluding hydrogens is 708 g/mol. The van der Waals surface area contributed by atoms with Gasteiger partial charge in [0.25, 0.3) is 0 Å². The molecule has 0 spiro atoms. The third-order valence-electron chi connectivity index (χ3n) is 8.57. The highest BCUT2D eigenvalue weighted by molar-refractivity contribution is 7.91. The molecule has 284 valence electrons. The normalized spacial score (nSPS) is 18.4. The molecule has 4 rings (SSSR count). The third kappa shape index (κ3) is 8.29. The van der Waals surface area contributed by atoms with Gasteiger partial charge < -0.3 is 20.1 Å². The molecule has 0 saturated heterocycles. The van der Waals surface area contributed by atoms with E-state index in [1.54, 1.807) is 69.2 Å². The Labute approximate surface area is 307 Å². The van der Waals surface area contributed by atoms with Gasteiger partial charge >= 0.3 is 12.2 Å². The average molecular weight is 753 g/mol. The lowest BCUT2D eigenvalue weighted by atomic mass is 9.88. The largest absolute Gasteiger partial charge is 0.444 e. The molecule has 2 aromatic carbocycles. The van der Waals surface area contributed by atoms with E-state index in [2.05, 4.69) is 10.6 Å². The number of nitrogens with one attached hydrogen (secondary N) is 2. The minimum atomic E-state index is -4.51. The van der Waals surface area contributed by atoms with Gasteiger partial charge in [0.1, 0.15) is 23.0 Å². The van der Waals surface area contributed by atoms with E-state index in [0.29, 0.717) is 0 Å².